The number of aromatic nitrogens is 2. The molecule has 1 aliphatic carbocycles. The minimum Gasteiger partial charge on any atom is -0.287 e. The van der Waals surface area contributed by atoms with Crippen LogP contribution in [0.5, 0.6) is 0 Å². The first-order chi connectivity index (χ1) is 10.5. The van der Waals surface area contributed by atoms with Crippen molar-refractivity contribution in [1.29, 1.82) is 0 Å². The summed E-state index contributed by atoms with van der Waals surface area (Å²) < 4.78 is 1.85. The summed E-state index contributed by atoms with van der Waals surface area (Å²) in [7, 11) is 0. The lowest BCUT2D eigenvalue weighted by atomic mass is 9.72. The Morgan fingerprint density at radius 2 is 2.05 bits per heavy atom. The van der Waals surface area contributed by atoms with E-state index in [4.69, 9.17) is 4.98 Å². The zero-order valence-electron chi connectivity index (χ0n) is 13.6. The Kier molecular flexibility index (Phi) is 3.89. The molecule has 1 aliphatic rings. The van der Waals surface area contributed by atoms with Gasteiger partial charge in [-0.3, -0.25) is 9.36 Å². The van der Waals surface area contributed by atoms with E-state index in [9.17, 15) is 4.79 Å². The van der Waals surface area contributed by atoms with Gasteiger partial charge in [0.25, 0.3) is 5.56 Å². The van der Waals surface area contributed by atoms with Crippen LogP contribution in [-0.2, 0) is 18.4 Å². The molecule has 0 bridgehead atoms. The van der Waals surface area contributed by atoms with E-state index in [1.54, 1.807) is 11.8 Å². The maximum absolute atomic E-state index is 13.1. The van der Waals surface area contributed by atoms with Crippen molar-refractivity contribution in [2.75, 3.05) is 6.26 Å². The Labute approximate surface area is 135 Å². The van der Waals surface area contributed by atoms with E-state index in [1.807, 2.05) is 16.9 Å². The van der Waals surface area contributed by atoms with Gasteiger partial charge in [-0.1, -0.05) is 56.8 Å². The van der Waals surface area contributed by atoms with Crippen LogP contribution in [0.1, 0.15) is 38.3 Å². The first-order valence-corrected chi connectivity index (χ1v) is 8.99. The molecule has 1 aromatic carbocycles. The summed E-state index contributed by atoms with van der Waals surface area (Å²) in [5.41, 5.74) is 4.11. The first kappa shape index (κ1) is 15.3. The van der Waals surface area contributed by atoms with Crippen molar-refractivity contribution in [2.45, 2.75) is 50.7 Å². The predicted octanol–water partition coefficient (Wildman–Crippen LogP) is 3.88. The molecule has 3 nitrogen and oxygen atoms in total. The molecule has 0 saturated carbocycles. The van der Waals surface area contributed by atoms with E-state index in [0.717, 1.165) is 41.4 Å². The van der Waals surface area contributed by atoms with E-state index >= 15 is 0 Å². The molecule has 0 fully saturated rings. The standard InChI is InChI=1S/C18H22N2OS/c1-5-10-20-16(21)14-15(19-17(20)22-4)13-9-7-6-8-12(13)11-18(14,2)3/h6-9H,5,10-11H2,1-4H3. The zero-order chi connectivity index (χ0) is 15.9. The molecule has 3 rings (SSSR count). The molecule has 0 spiro atoms. The van der Waals surface area contributed by atoms with Crippen molar-refractivity contribution in [1.82, 2.24) is 9.55 Å². The van der Waals surface area contributed by atoms with E-state index in [0.29, 0.717) is 0 Å². The van der Waals surface area contributed by atoms with Crippen LogP contribution in [0.4, 0.5) is 0 Å². The summed E-state index contributed by atoms with van der Waals surface area (Å²) in [6.45, 7) is 7.13. The predicted molar refractivity (Wildman–Crippen MR) is 92.7 cm³/mol. The van der Waals surface area contributed by atoms with Gasteiger partial charge in [0, 0.05) is 23.1 Å². The van der Waals surface area contributed by atoms with Crippen LogP contribution in [0.3, 0.4) is 0 Å². The maximum Gasteiger partial charge on any atom is 0.258 e. The second-order valence-electron chi connectivity index (χ2n) is 6.50. The van der Waals surface area contributed by atoms with Crippen molar-refractivity contribution >= 4 is 11.8 Å². The second kappa shape index (κ2) is 5.58. The van der Waals surface area contributed by atoms with Gasteiger partial charge in [0.05, 0.1) is 5.69 Å². The van der Waals surface area contributed by atoms with E-state index in [-0.39, 0.29) is 11.0 Å². The average Bonchev–Trinajstić information content (AvgIpc) is 2.48. The minimum absolute atomic E-state index is 0.135. The summed E-state index contributed by atoms with van der Waals surface area (Å²) in [5, 5.41) is 0.818. The molecule has 22 heavy (non-hydrogen) atoms. The van der Waals surface area contributed by atoms with E-state index < -0.39 is 0 Å². The van der Waals surface area contributed by atoms with Gasteiger partial charge in [0.15, 0.2) is 5.16 Å². The SMILES string of the molecule is CCCn1c(SC)nc2c(c1=O)C(C)(C)Cc1ccccc1-2. The van der Waals surface area contributed by atoms with Crippen molar-refractivity contribution in [3.05, 3.63) is 45.7 Å². The molecule has 0 atom stereocenters. The highest BCUT2D eigenvalue weighted by Gasteiger charge is 2.35. The Bertz CT molecular complexity index is 777. The van der Waals surface area contributed by atoms with Crippen LogP contribution in [0.15, 0.2) is 34.2 Å². The third-order valence-corrected chi connectivity index (χ3v) is 5.02. The molecule has 0 aliphatic heterocycles. The summed E-state index contributed by atoms with van der Waals surface area (Å²) in [6, 6.07) is 8.33. The van der Waals surface area contributed by atoms with Gasteiger partial charge < -0.3 is 0 Å². The van der Waals surface area contributed by atoms with Crippen molar-refractivity contribution < 1.29 is 0 Å². The summed E-state index contributed by atoms with van der Waals surface area (Å²) in [5.74, 6) is 0. The van der Waals surface area contributed by atoms with Crippen molar-refractivity contribution in [2.24, 2.45) is 0 Å². The molecule has 0 saturated heterocycles. The highest BCUT2D eigenvalue weighted by atomic mass is 32.2. The summed E-state index contributed by atoms with van der Waals surface area (Å²) >= 11 is 1.55. The minimum atomic E-state index is -0.180. The molecular formula is C18H22N2OS. The largest absolute Gasteiger partial charge is 0.287 e. The van der Waals surface area contributed by atoms with Crippen LogP contribution in [0, 0.1) is 0 Å². The number of rotatable bonds is 3. The van der Waals surface area contributed by atoms with Gasteiger partial charge in [-0.25, -0.2) is 4.98 Å². The topological polar surface area (TPSA) is 34.9 Å². The lowest BCUT2D eigenvalue weighted by molar-refractivity contribution is 0.480. The highest BCUT2D eigenvalue weighted by Crippen LogP contribution is 2.40. The molecule has 0 N–H and O–H groups in total. The number of hydrogen-bond acceptors (Lipinski definition) is 3. The van der Waals surface area contributed by atoms with Gasteiger partial charge in [-0.15, -0.1) is 0 Å². The molecular weight excluding hydrogens is 292 g/mol. The third-order valence-electron chi connectivity index (χ3n) is 4.35. The third kappa shape index (κ3) is 2.30. The number of thioether (sulfide) groups is 1. The first-order valence-electron chi connectivity index (χ1n) is 7.77. The van der Waals surface area contributed by atoms with Crippen LogP contribution >= 0.6 is 11.8 Å². The highest BCUT2D eigenvalue weighted by molar-refractivity contribution is 7.98. The van der Waals surface area contributed by atoms with Crippen molar-refractivity contribution in [3.8, 4) is 11.3 Å². The molecule has 1 heterocycles. The van der Waals surface area contributed by atoms with Gasteiger partial charge >= 0.3 is 0 Å². The van der Waals surface area contributed by atoms with Crippen LogP contribution in [-0.4, -0.2) is 15.8 Å². The summed E-state index contributed by atoms with van der Waals surface area (Å²) in [4.78, 5) is 18.0. The monoisotopic (exact) mass is 314 g/mol. The quantitative estimate of drug-likeness (QED) is 0.637. The van der Waals surface area contributed by atoms with Crippen LogP contribution in [0.2, 0.25) is 0 Å². The maximum atomic E-state index is 13.1. The van der Waals surface area contributed by atoms with E-state index in [1.165, 1.54) is 5.56 Å². The molecule has 4 heteroatoms. The fourth-order valence-electron chi connectivity index (χ4n) is 3.39. The van der Waals surface area contributed by atoms with Gasteiger partial charge in [-0.05, 0) is 24.7 Å². The molecule has 2 aromatic rings. The van der Waals surface area contributed by atoms with Crippen molar-refractivity contribution in [3.63, 3.8) is 0 Å². The van der Waals surface area contributed by atoms with Gasteiger partial charge in [0.2, 0.25) is 0 Å². The fraction of sp³-hybridized carbons (Fsp3) is 0.444. The lowest BCUT2D eigenvalue weighted by Gasteiger charge is -2.33. The number of hydrogen-bond donors (Lipinski definition) is 0. The lowest BCUT2D eigenvalue weighted by Crippen LogP contribution is -2.38. The van der Waals surface area contributed by atoms with Gasteiger partial charge in [-0.2, -0.15) is 0 Å². The average molecular weight is 314 g/mol. The fourth-order valence-corrected chi connectivity index (χ4v) is 3.96. The van der Waals surface area contributed by atoms with E-state index in [2.05, 4.69) is 39.0 Å². The normalized spacial score (nSPS) is 15.3. The van der Waals surface area contributed by atoms with Crippen LogP contribution in [0.25, 0.3) is 11.3 Å². The molecule has 0 amide bonds. The van der Waals surface area contributed by atoms with Crippen LogP contribution < -0.4 is 5.56 Å². The summed E-state index contributed by atoms with van der Waals surface area (Å²) in [6.07, 6.45) is 3.81. The number of nitrogens with zero attached hydrogens (tertiary/aromatic N) is 2. The second-order valence-corrected chi connectivity index (χ2v) is 7.27. The number of fused-ring (bicyclic) bond motifs is 3. The molecule has 0 radical (unpaired) electrons. The number of benzene rings is 1. The van der Waals surface area contributed by atoms with Gasteiger partial charge in [0.1, 0.15) is 0 Å². The Morgan fingerprint density at radius 3 is 2.73 bits per heavy atom. The molecule has 1 aromatic heterocycles. The molecule has 0 unspecified atom stereocenters. The Hall–Kier alpha value is -1.55. The smallest absolute Gasteiger partial charge is 0.258 e. The Balaban J connectivity index is 2.37. The molecule has 116 valence electrons. The zero-order valence-corrected chi connectivity index (χ0v) is 14.5. The Morgan fingerprint density at radius 1 is 1.32 bits per heavy atom.